The molecule has 4 heteroatoms. The SMILES string of the molecule is CCCCc1ccc(-c2cc(N(c3ccc(C)cc3)c3ccc(CCCC)cc3)c3ccc4c(-c5ccc(CCCC)cc5)cc(N(c5ccc(C)cc5)c5ccc(CCCC)cc5)c5ccc2c3c45)cc1.Cc1ccc(N(c2ccc(C)cc2)c2cc(-c3ccc(C(C)(C)C)cc3)c3ccc4c(N(c5ccc(C)cc5)c5ccc(C)cc5)cc(-c5ccc(C(C)(C)C)cc5)c5ccc2c3c54)cc1. The number of aryl methyl sites for hydroxylation is 10. The molecule has 0 bridgehead atoms. The predicted molar refractivity (Wildman–Crippen MR) is 601 cm³/mol. The van der Waals surface area contributed by atoms with Crippen molar-refractivity contribution >= 4 is 133 Å². The second-order valence-corrected chi connectivity index (χ2v) is 41.1. The van der Waals surface area contributed by atoms with Crippen molar-refractivity contribution in [2.45, 2.75) is 199 Å². The lowest BCUT2D eigenvalue weighted by Gasteiger charge is -2.31. The molecule has 0 radical (unpaired) electrons. The molecular formula is C134H132N4. The predicted octanol–water partition coefficient (Wildman–Crippen LogP) is 39.5. The van der Waals surface area contributed by atoms with Gasteiger partial charge in [-0.1, -0.05) is 371 Å². The van der Waals surface area contributed by atoms with Gasteiger partial charge >= 0.3 is 0 Å². The first-order valence-corrected chi connectivity index (χ1v) is 50.7. The van der Waals surface area contributed by atoms with Crippen LogP contribution in [0.1, 0.15) is 187 Å². The Morgan fingerprint density at radius 3 is 0.514 bits per heavy atom. The van der Waals surface area contributed by atoms with E-state index < -0.39 is 0 Å². The summed E-state index contributed by atoms with van der Waals surface area (Å²) in [6.07, 6.45) is 13.9. The topological polar surface area (TPSA) is 13.0 Å². The Kier molecular flexibility index (Phi) is 26.7. The van der Waals surface area contributed by atoms with Crippen molar-refractivity contribution in [3.63, 3.8) is 0 Å². The van der Waals surface area contributed by atoms with Crippen LogP contribution in [0.5, 0.6) is 0 Å². The van der Waals surface area contributed by atoms with Gasteiger partial charge in [-0.25, -0.2) is 0 Å². The van der Waals surface area contributed by atoms with Crippen molar-refractivity contribution in [1.82, 2.24) is 0 Å². The molecule has 138 heavy (non-hydrogen) atoms. The van der Waals surface area contributed by atoms with Crippen LogP contribution < -0.4 is 19.6 Å². The monoisotopic (exact) mass is 1800 g/mol. The molecule has 0 fully saturated rings. The highest BCUT2D eigenvalue weighted by molar-refractivity contribution is 6.34. The number of hydrogen-bond acceptors (Lipinski definition) is 4. The summed E-state index contributed by atoms with van der Waals surface area (Å²) in [5.41, 5.74) is 39.3. The van der Waals surface area contributed by atoms with Crippen molar-refractivity contribution in [2.75, 3.05) is 19.6 Å². The van der Waals surface area contributed by atoms with Gasteiger partial charge in [0.15, 0.2) is 0 Å². The Morgan fingerprint density at radius 2 is 0.341 bits per heavy atom. The molecule has 0 saturated carbocycles. The van der Waals surface area contributed by atoms with Gasteiger partial charge in [-0.2, -0.15) is 0 Å². The van der Waals surface area contributed by atoms with Gasteiger partial charge in [0.05, 0.1) is 22.7 Å². The van der Waals surface area contributed by atoms with Crippen molar-refractivity contribution in [3.8, 4) is 44.5 Å². The number of benzene rings is 20. The fourth-order valence-electron chi connectivity index (χ4n) is 20.6. The summed E-state index contributed by atoms with van der Waals surface area (Å²) in [5.74, 6) is 0. The third-order valence-corrected chi connectivity index (χ3v) is 28.7. The molecule has 688 valence electrons. The van der Waals surface area contributed by atoms with Crippen LogP contribution in [-0.4, -0.2) is 0 Å². The molecule has 4 nitrogen and oxygen atoms in total. The summed E-state index contributed by atoms with van der Waals surface area (Å²) in [7, 11) is 0. The Morgan fingerprint density at radius 1 is 0.181 bits per heavy atom. The quantitative estimate of drug-likeness (QED) is 0.0453. The third kappa shape index (κ3) is 19.0. The van der Waals surface area contributed by atoms with Crippen LogP contribution in [0.2, 0.25) is 0 Å². The summed E-state index contributed by atoms with van der Waals surface area (Å²) >= 11 is 0. The first-order chi connectivity index (χ1) is 67.0. The van der Waals surface area contributed by atoms with Gasteiger partial charge in [-0.05, 0) is 324 Å². The van der Waals surface area contributed by atoms with Gasteiger partial charge in [0, 0.05) is 88.6 Å². The van der Waals surface area contributed by atoms with E-state index in [4.69, 9.17) is 0 Å². The lowest BCUT2D eigenvalue weighted by Crippen LogP contribution is -2.12. The summed E-state index contributed by atoms with van der Waals surface area (Å²) in [5, 5.41) is 15.1. The molecular weight excluding hydrogens is 1670 g/mol. The van der Waals surface area contributed by atoms with Gasteiger partial charge in [0.1, 0.15) is 0 Å². The molecule has 20 aromatic rings. The van der Waals surface area contributed by atoms with Crippen LogP contribution in [0.25, 0.3) is 109 Å². The molecule has 0 spiro atoms. The van der Waals surface area contributed by atoms with E-state index in [-0.39, 0.29) is 10.8 Å². The number of hydrogen-bond donors (Lipinski definition) is 0. The lowest BCUT2D eigenvalue weighted by molar-refractivity contribution is 0.590. The molecule has 0 saturated heterocycles. The molecule has 0 heterocycles. The zero-order valence-electron chi connectivity index (χ0n) is 83.9. The van der Waals surface area contributed by atoms with Crippen LogP contribution in [0.4, 0.5) is 68.2 Å². The molecule has 0 aliphatic heterocycles. The van der Waals surface area contributed by atoms with Crippen molar-refractivity contribution in [2.24, 2.45) is 0 Å². The smallest absolute Gasteiger partial charge is 0.0546 e. The molecule has 0 aliphatic rings. The maximum absolute atomic E-state index is 2.52. The van der Waals surface area contributed by atoms with E-state index in [1.165, 1.54) is 239 Å². The van der Waals surface area contributed by atoms with Gasteiger partial charge in [0.25, 0.3) is 0 Å². The summed E-state index contributed by atoms with van der Waals surface area (Å²) < 4.78 is 0. The van der Waals surface area contributed by atoms with E-state index >= 15 is 0 Å². The highest BCUT2D eigenvalue weighted by Gasteiger charge is 2.31. The first-order valence-electron chi connectivity index (χ1n) is 50.7. The minimum atomic E-state index is 0.0404. The normalized spacial score (nSPS) is 11.8. The van der Waals surface area contributed by atoms with Crippen molar-refractivity contribution < 1.29 is 0 Å². The average Bonchev–Trinajstić information content (AvgIpc) is 0.705. The minimum Gasteiger partial charge on any atom is -0.310 e. The number of nitrogens with zero attached hydrogens (tertiary/aromatic N) is 4. The van der Waals surface area contributed by atoms with Crippen LogP contribution in [0, 0.1) is 41.5 Å². The number of unbranched alkanes of at least 4 members (excludes halogenated alkanes) is 4. The second-order valence-electron chi connectivity index (χ2n) is 41.1. The Balaban J connectivity index is 0.000000177. The Hall–Kier alpha value is -14.3. The molecule has 20 aromatic carbocycles. The molecule has 0 atom stereocenters. The zero-order valence-corrected chi connectivity index (χ0v) is 83.9. The Labute approximate surface area is 820 Å². The fraction of sp³-hybridized carbons (Fsp3) is 0.224. The Bertz CT molecular complexity index is 7080. The van der Waals surface area contributed by atoms with Gasteiger partial charge in [0.2, 0.25) is 0 Å². The molecule has 0 aromatic heterocycles. The lowest BCUT2D eigenvalue weighted by atomic mass is 9.83. The van der Waals surface area contributed by atoms with E-state index in [0.717, 1.165) is 82.6 Å². The van der Waals surface area contributed by atoms with Crippen LogP contribution >= 0.6 is 0 Å². The van der Waals surface area contributed by atoms with Gasteiger partial charge < -0.3 is 19.6 Å². The fourth-order valence-corrected chi connectivity index (χ4v) is 20.6. The van der Waals surface area contributed by atoms with Gasteiger partial charge in [-0.3, -0.25) is 0 Å². The van der Waals surface area contributed by atoms with E-state index in [2.05, 4.69) is 494 Å². The minimum absolute atomic E-state index is 0.0404. The maximum atomic E-state index is 2.52. The van der Waals surface area contributed by atoms with Gasteiger partial charge in [-0.15, -0.1) is 0 Å². The van der Waals surface area contributed by atoms with E-state index in [0.29, 0.717) is 0 Å². The van der Waals surface area contributed by atoms with Crippen LogP contribution in [0.15, 0.2) is 364 Å². The van der Waals surface area contributed by atoms with E-state index in [9.17, 15) is 0 Å². The highest BCUT2D eigenvalue weighted by atomic mass is 15.2. The third-order valence-electron chi connectivity index (χ3n) is 28.7. The largest absolute Gasteiger partial charge is 0.310 e. The number of rotatable bonds is 28. The average molecular weight is 1800 g/mol. The van der Waals surface area contributed by atoms with E-state index in [1.54, 1.807) is 0 Å². The molecule has 0 unspecified atom stereocenters. The van der Waals surface area contributed by atoms with Crippen LogP contribution in [0.3, 0.4) is 0 Å². The summed E-state index contributed by atoms with van der Waals surface area (Å²) in [4.78, 5) is 9.97. The highest BCUT2D eigenvalue weighted by Crippen LogP contribution is 2.56. The number of anilines is 12. The second kappa shape index (κ2) is 39.8. The molecule has 0 N–H and O–H groups in total. The first kappa shape index (κ1) is 92.7. The molecule has 0 aliphatic carbocycles. The zero-order chi connectivity index (χ0) is 95.6. The molecule has 0 amide bonds. The van der Waals surface area contributed by atoms with E-state index in [1.807, 2.05) is 0 Å². The van der Waals surface area contributed by atoms with Crippen LogP contribution in [-0.2, 0) is 36.5 Å². The van der Waals surface area contributed by atoms with Crippen molar-refractivity contribution in [3.05, 3.63) is 431 Å². The summed E-state index contributed by atoms with van der Waals surface area (Å²) in [6.45, 7) is 35.9. The molecule has 20 rings (SSSR count). The standard InChI is InChI=1S/C70H72N2.C64H60N2/c1-7-11-15-51-23-31-55(32-24-51)65-47-67(71(57-35-19-49(5)20-36-57)59-39-27-53(28-40-59)17-13-9-3)63-46-44-62-66(56-33-25-52(26-34-56)16-12-8-2)48-68(64-45-43-61(65)69(63)70(62)64)72(58-37-21-50(6)22-38-58)60-41-29-54(30-42-60)18-14-10-4;1-41-11-27-49(28-12-41)65(50-29-13-42(2)14-30-50)59-39-57(45-19-23-47(24-20-45)63(5,6)7)53-36-38-56-60(66(51-31-15-43(3)16-32-51)52-33-17-44(4)18-34-52)40-58(54-35-37-55(59)61(53)62(54)56)46-21-25-48(26-22-46)64(8,9)10/h19-48H,7-18H2,1-6H3;11-40H,1-10H3. The van der Waals surface area contributed by atoms with Crippen molar-refractivity contribution in [1.29, 1.82) is 0 Å². The summed E-state index contributed by atoms with van der Waals surface area (Å²) in [6, 6.07) is 140. The maximum Gasteiger partial charge on any atom is 0.0546 e.